The fraction of sp³-hybridized carbons (Fsp3) is 0.267. The zero-order valence-electron chi connectivity index (χ0n) is 10.8. The second-order valence-corrected chi connectivity index (χ2v) is 4.39. The van der Waals surface area contributed by atoms with Gasteiger partial charge in [-0.1, -0.05) is 37.6 Å². The van der Waals surface area contributed by atoms with Crippen LogP contribution in [-0.4, -0.2) is 21.0 Å². The van der Waals surface area contributed by atoms with Gasteiger partial charge in [-0.05, 0) is 18.4 Å². The predicted molar refractivity (Wildman–Crippen MR) is 73.0 cm³/mol. The van der Waals surface area contributed by atoms with Gasteiger partial charge in [-0.2, -0.15) is 0 Å². The highest BCUT2D eigenvalue weighted by Crippen LogP contribution is 2.21. The Morgan fingerprint density at radius 2 is 2.00 bits per heavy atom. The Hall–Kier alpha value is -2.23. The summed E-state index contributed by atoms with van der Waals surface area (Å²) in [5, 5.41) is 9.12. The first-order chi connectivity index (χ1) is 9.22. The van der Waals surface area contributed by atoms with Gasteiger partial charge in [0.2, 0.25) is 0 Å². The summed E-state index contributed by atoms with van der Waals surface area (Å²) in [7, 11) is 0. The van der Waals surface area contributed by atoms with E-state index in [0.717, 1.165) is 24.8 Å². The third kappa shape index (κ3) is 3.16. The van der Waals surface area contributed by atoms with E-state index in [4.69, 9.17) is 5.11 Å². The van der Waals surface area contributed by atoms with Gasteiger partial charge in [0.1, 0.15) is 11.9 Å². The van der Waals surface area contributed by atoms with E-state index in [1.54, 1.807) is 0 Å². The van der Waals surface area contributed by atoms with Crippen LogP contribution in [0.15, 0.2) is 36.8 Å². The molecule has 0 aliphatic carbocycles. The summed E-state index contributed by atoms with van der Waals surface area (Å²) < 4.78 is 0. The molecule has 4 heteroatoms. The smallest absolute Gasteiger partial charge is 0.339 e. The number of aromatic carboxylic acids is 1. The maximum atomic E-state index is 11.1. The normalized spacial score (nSPS) is 10.4. The van der Waals surface area contributed by atoms with Gasteiger partial charge in [-0.25, -0.2) is 14.8 Å². The number of aromatic nitrogens is 2. The number of nitrogens with zero attached hydrogens (tertiary/aromatic N) is 2. The molecule has 0 fully saturated rings. The molecule has 0 aliphatic heterocycles. The molecule has 1 N–H and O–H groups in total. The first-order valence-electron chi connectivity index (χ1n) is 6.35. The number of carboxylic acid groups (broad SMARTS) is 1. The van der Waals surface area contributed by atoms with Crippen LogP contribution in [0.2, 0.25) is 0 Å². The van der Waals surface area contributed by atoms with Crippen LogP contribution in [0.1, 0.15) is 35.7 Å². The molecule has 4 nitrogen and oxygen atoms in total. The molecule has 0 spiro atoms. The third-order valence-electron chi connectivity index (χ3n) is 2.99. The molecule has 1 aromatic carbocycles. The molecule has 98 valence electrons. The first kappa shape index (κ1) is 13.2. The molecule has 2 rings (SSSR count). The van der Waals surface area contributed by atoms with E-state index in [2.05, 4.69) is 16.9 Å². The third-order valence-corrected chi connectivity index (χ3v) is 2.99. The van der Waals surface area contributed by atoms with Crippen molar-refractivity contribution in [3.63, 3.8) is 0 Å². The zero-order valence-corrected chi connectivity index (χ0v) is 10.8. The number of aryl methyl sites for hydroxylation is 1. The molecule has 0 unspecified atom stereocenters. The Morgan fingerprint density at radius 3 is 2.63 bits per heavy atom. The lowest BCUT2D eigenvalue weighted by atomic mass is 10.0. The SMILES string of the molecule is CCCCc1ccc(-c2ncncc2C(=O)O)cc1. The van der Waals surface area contributed by atoms with Crippen molar-refractivity contribution < 1.29 is 9.90 Å². The summed E-state index contributed by atoms with van der Waals surface area (Å²) in [6.07, 6.45) is 6.07. The standard InChI is InChI=1S/C15H16N2O2/c1-2-3-4-11-5-7-12(8-6-11)14-13(15(18)19)9-16-10-17-14/h5-10H,2-4H2,1H3,(H,18,19). The maximum absolute atomic E-state index is 11.1. The Labute approximate surface area is 112 Å². The first-order valence-corrected chi connectivity index (χ1v) is 6.35. The second-order valence-electron chi connectivity index (χ2n) is 4.39. The minimum atomic E-state index is -1.01. The fourth-order valence-electron chi connectivity index (χ4n) is 1.93. The van der Waals surface area contributed by atoms with Crippen molar-refractivity contribution in [1.29, 1.82) is 0 Å². The highest BCUT2D eigenvalue weighted by Gasteiger charge is 2.12. The number of carboxylic acids is 1. The van der Waals surface area contributed by atoms with E-state index in [-0.39, 0.29) is 5.56 Å². The maximum Gasteiger partial charge on any atom is 0.339 e. The van der Waals surface area contributed by atoms with Gasteiger partial charge < -0.3 is 5.11 Å². The molecule has 19 heavy (non-hydrogen) atoms. The van der Waals surface area contributed by atoms with Gasteiger partial charge in [0.05, 0.1) is 5.69 Å². The largest absolute Gasteiger partial charge is 0.478 e. The average Bonchev–Trinajstić information content (AvgIpc) is 2.45. The number of carbonyl (C=O) groups is 1. The molecule has 0 saturated heterocycles. The molecule has 0 saturated carbocycles. The lowest BCUT2D eigenvalue weighted by Gasteiger charge is -2.05. The van der Waals surface area contributed by atoms with Crippen molar-refractivity contribution >= 4 is 5.97 Å². The van der Waals surface area contributed by atoms with Crippen LogP contribution in [0.5, 0.6) is 0 Å². The van der Waals surface area contributed by atoms with E-state index < -0.39 is 5.97 Å². The van der Waals surface area contributed by atoms with Crippen LogP contribution in [0.4, 0.5) is 0 Å². The summed E-state index contributed by atoms with van der Waals surface area (Å²) in [6.45, 7) is 2.16. The van der Waals surface area contributed by atoms with Crippen molar-refractivity contribution in [2.75, 3.05) is 0 Å². The molecule has 0 aliphatic rings. The van der Waals surface area contributed by atoms with Gasteiger partial charge in [-0.3, -0.25) is 0 Å². The van der Waals surface area contributed by atoms with E-state index in [0.29, 0.717) is 5.69 Å². The van der Waals surface area contributed by atoms with E-state index in [1.165, 1.54) is 18.1 Å². The summed E-state index contributed by atoms with van der Waals surface area (Å²) >= 11 is 0. The number of rotatable bonds is 5. The van der Waals surface area contributed by atoms with E-state index in [9.17, 15) is 4.79 Å². The topological polar surface area (TPSA) is 63.1 Å². The number of hydrogen-bond acceptors (Lipinski definition) is 3. The molecule has 1 aromatic heterocycles. The van der Waals surface area contributed by atoms with Crippen molar-refractivity contribution in [3.8, 4) is 11.3 Å². The fourth-order valence-corrected chi connectivity index (χ4v) is 1.93. The van der Waals surface area contributed by atoms with E-state index in [1.807, 2.05) is 24.3 Å². The quantitative estimate of drug-likeness (QED) is 0.892. The van der Waals surface area contributed by atoms with Gasteiger partial charge in [0.25, 0.3) is 0 Å². The van der Waals surface area contributed by atoms with Crippen molar-refractivity contribution in [2.45, 2.75) is 26.2 Å². The van der Waals surface area contributed by atoms with Crippen LogP contribution in [0.3, 0.4) is 0 Å². The van der Waals surface area contributed by atoms with Crippen LogP contribution in [0.25, 0.3) is 11.3 Å². The average molecular weight is 256 g/mol. The lowest BCUT2D eigenvalue weighted by molar-refractivity contribution is 0.0697. The van der Waals surface area contributed by atoms with Gasteiger partial charge in [0.15, 0.2) is 0 Å². The Bertz CT molecular complexity index is 565. The monoisotopic (exact) mass is 256 g/mol. The van der Waals surface area contributed by atoms with E-state index >= 15 is 0 Å². The highest BCUT2D eigenvalue weighted by atomic mass is 16.4. The Balaban J connectivity index is 2.30. The van der Waals surface area contributed by atoms with Gasteiger partial charge >= 0.3 is 5.97 Å². The predicted octanol–water partition coefficient (Wildman–Crippen LogP) is 3.18. The minimum absolute atomic E-state index is 0.129. The van der Waals surface area contributed by atoms with Crippen molar-refractivity contribution in [1.82, 2.24) is 9.97 Å². The van der Waals surface area contributed by atoms with Crippen molar-refractivity contribution in [2.24, 2.45) is 0 Å². The lowest BCUT2D eigenvalue weighted by Crippen LogP contribution is -2.02. The second kappa shape index (κ2) is 6.09. The van der Waals surface area contributed by atoms with Crippen molar-refractivity contribution in [3.05, 3.63) is 47.9 Å². The van der Waals surface area contributed by atoms with Crippen LogP contribution >= 0.6 is 0 Å². The molecule has 0 atom stereocenters. The highest BCUT2D eigenvalue weighted by molar-refractivity contribution is 5.94. The Morgan fingerprint density at radius 1 is 1.26 bits per heavy atom. The van der Waals surface area contributed by atoms with Gasteiger partial charge in [0, 0.05) is 11.8 Å². The zero-order chi connectivity index (χ0) is 13.7. The molecule has 0 radical (unpaired) electrons. The number of unbranched alkanes of at least 4 members (excludes halogenated alkanes) is 1. The Kier molecular flexibility index (Phi) is 4.23. The summed E-state index contributed by atoms with van der Waals surface area (Å²) in [5.74, 6) is -1.01. The minimum Gasteiger partial charge on any atom is -0.478 e. The molecule has 0 bridgehead atoms. The summed E-state index contributed by atoms with van der Waals surface area (Å²) in [4.78, 5) is 19.0. The molecule has 0 amide bonds. The summed E-state index contributed by atoms with van der Waals surface area (Å²) in [5.41, 5.74) is 2.66. The number of hydrogen-bond donors (Lipinski definition) is 1. The van der Waals surface area contributed by atoms with Crippen LogP contribution in [-0.2, 0) is 6.42 Å². The van der Waals surface area contributed by atoms with Gasteiger partial charge in [-0.15, -0.1) is 0 Å². The summed E-state index contributed by atoms with van der Waals surface area (Å²) in [6, 6.07) is 7.89. The molecular weight excluding hydrogens is 240 g/mol. The van der Waals surface area contributed by atoms with Crippen LogP contribution < -0.4 is 0 Å². The number of benzene rings is 1. The molecular formula is C15H16N2O2. The molecule has 1 heterocycles. The molecule has 2 aromatic rings. The van der Waals surface area contributed by atoms with Crippen LogP contribution in [0, 0.1) is 0 Å².